The van der Waals surface area contributed by atoms with E-state index in [1.165, 1.54) is 0 Å². The Balaban J connectivity index is 1.71. The molecule has 0 atom stereocenters. The van der Waals surface area contributed by atoms with Crippen molar-refractivity contribution in [1.82, 2.24) is 0 Å². The van der Waals surface area contributed by atoms with E-state index in [2.05, 4.69) is 0 Å². The van der Waals surface area contributed by atoms with Crippen LogP contribution in [0, 0.1) is 0 Å². The highest BCUT2D eigenvalue weighted by molar-refractivity contribution is 6.02. The van der Waals surface area contributed by atoms with Crippen molar-refractivity contribution < 1.29 is 75.4 Å². The Hall–Kier alpha value is -6.06. The topological polar surface area (TPSA) is 168 Å². The molecule has 0 radical (unpaired) electrons. The molecule has 0 amide bonds. The van der Waals surface area contributed by atoms with Gasteiger partial charge in [-0.3, -0.25) is 0 Å². The lowest BCUT2D eigenvalue weighted by molar-refractivity contribution is -0.288. The van der Waals surface area contributed by atoms with Crippen LogP contribution in [0.3, 0.4) is 0 Å². The smallest absolute Gasteiger partial charge is 0.411 e. The third kappa shape index (κ3) is 6.51. The molecule has 0 unspecified atom stereocenters. The van der Waals surface area contributed by atoms with Crippen LogP contribution in [0.15, 0.2) is 84.9 Å². The van der Waals surface area contributed by atoms with Gasteiger partial charge in [0.1, 0.15) is 23.0 Å². The molecule has 16 heteroatoms. The molecule has 4 rings (SSSR count). The van der Waals surface area contributed by atoms with Gasteiger partial charge in [-0.15, -0.1) is 0 Å². The molecule has 244 valence electrons. The Bertz CT molecular complexity index is 1730. The monoisotopic (exact) mass is 664 g/mol. The number of rotatable bonds is 10. The van der Waals surface area contributed by atoms with Crippen molar-refractivity contribution in [3.05, 3.63) is 118 Å². The average Bonchev–Trinajstić information content (AvgIpc) is 2.97. The molecule has 0 aliphatic heterocycles. The van der Waals surface area contributed by atoms with E-state index < -0.39 is 75.0 Å². The molecular formula is C31H18F6O10. The van der Waals surface area contributed by atoms with E-state index in [1.54, 1.807) is 0 Å². The maximum absolute atomic E-state index is 14.6. The van der Waals surface area contributed by atoms with E-state index in [9.17, 15) is 55.7 Å². The summed E-state index contributed by atoms with van der Waals surface area (Å²) in [5.74, 6) is -7.50. The number of carbonyl (C=O) groups is 4. The fourth-order valence-electron chi connectivity index (χ4n) is 4.70. The van der Waals surface area contributed by atoms with E-state index >= 15 is 0 Å². The zero-order valence-corrected chi connectivity index (χ0v) is 23.1. The highest BCUT2D eigenvalue weighted by atomic mass is 19.4. The Kier molecular flexibility index (Phi) is 8.91. The zero-order valence-electron chi connectivity index (χ0n) is 23.1. The normalized spacial score (nSPS) is 11.9. The van der Waals surface area contributed by atoms with Crippen LogP contribution < -0.4 is 9.47 Å². The largest absolute Gasteiger partial charge is 0.478 e. The van der Waals surface area contributed by atoms with E-state index in [0.29, 0.717) is 24.3 Å². The first kappa shape index (κ1) is 33.8. The van der Waals surface area contributed by atoms with Gasteiger partial charge in [0.15, 0.2) is 0 Å². The molecule has 47 heavy (non-hydrogen) atoms. The molecule has 4 aromatic carbocycles. The number of aromatic carboxylic acids is 4. The Morgan fingerprint density at radius 1 is 0.426 bits per heavy atom. The van der Waals surface area contributed by atoms with E-state index in [-0.39, 0.29) is 23.0 Å². The number of hydrogen-bond donors (Lipinski definition) is 4. The predicted octanol–water partition coefficient (Wildman–Crippen LogP) is 7.47. The van der Waals surface area contributed by atoms with Crippen molar-refractivity contribution in [3.63, 3.8) is 0 Å². The van der Waals surface area contributed by atoms with Gasteiger partial charge in [0, 0.05) is 0 Å². The molecule has 0 aliphatic rings. The molecule has 0 saturated carbocycles. The molecule has 4 N–H and O–H groups in total. The average molecular weight is 664 g/mol. The van der Waals surface area contributed by atoms with E-state index in [4.69, 9.17) is 19.7 Å². The highest BCUT2D eigenvalue weighted by Gasteiger charge is 2.72. The quantitative estimate of drug-likeness (QED) is 0.125. The second-order valence-corrected chi connectivity index (χ2v) is 9.63. The van der Waals surface area contributed by atoms with Crippen LogP contribution in [0.1, 0.15) is 52.6 Å². The summed E-state index contributed by atoms with van der Waals surface area (Å²) in [6.45, 7) is 0. The minimum Gasteiger partial charge on any atom is -0.478 e. The van der Waals surface area contributed by atoms with Gasteiger partial charge in [-0.2, -0.15) is 26.3 Å². The van der Waals surface area contributed by atoms with Crippen LogP contribution >= 0.6 is 0 Å². The molecule has 4 aromatic rings. The molecule has 0 spiro atoms. The van der Waals surface area contributed by atoms with Crippen LogP contribution in [-0.4, -0.2) is 56.7 Å². The van der Waals surface area contributed by atoms with Gasteiger partial charge in [-0.05, 0) is 71.8 Å². The van der Waals surface area contributed by atoms with Crippen molar-refractivity contribution in [3.8, 4) is 23.0 Å². The predicted molar refractivity (Wildman–Crippen MR) is 147 cm³/mol. The van der Waals surface area contributed by atoms with Crippen molar-refractivity contribution in [2.24, 2.45) is 0 Å². The van der Waals surface area contributed by atoms with E-state index in [0.717, 1.165) is 60.7 Å². The summed E-state index contributed by atoms with van der Waals surface area (Å²) >= 11 is 0. The molecule has 0 bridgehead atoms. The first-order valence-electron chi connectivity index (χ1n) is 12.8. The van der Waals surface area contributed by atoms with Crippen molar-refractivity contribution in [2.75, 3.05) is 0 Å². The standard InChI is InChI=1S/C31H18F6O10/c32-30(33,34)29(31(35,36)37,15-1-5-17(6-2-15)46-19-9-11-21(25(38)39)23(13-19)27(42)43)16-3-7-18(8-4-16)47-20-10-12-22(26(40)41)24(14-20)28(44)45/h1-14H,(H,38,39)(H,40,41)(H,42,43)(H,44,45). The Morgan fingerprint density at radius 3 is 0.957 bits per heavy atom. The first-order valence-corrected chi connectivity index (χ1v) is 12.8. The summed E-state index contributed by atoms with van der Waals surface area (Å²) in [7, 11) is 0. The van der Waals surface area contributed by atoms with Crippen molar-refractivity contribution >= 4 is 23.9 Å². The van der Waals surface area contributed by atoms with Crippen LogP contribution in [0.4, 0.5) is 26.3 Å². The fraction of sp³-hybridized carbons (Fsp3) is 0.0968. The third-order valence-corrected chi connectivity index (χ3v) is 6.80. The lowest BCUT2D eigenvalue weighted by Crippen LogP contribution is -2.54. The lowest BCUT2D eigenvalue weighted by atomic mass is 9.73. The number of hydrogen-bond acceptors (Lipinski definition) is 6. The summed E-state index contributed by atoms with van der Waals surface area (Å²) < 4.78 is 98.3. The number of carboxylic acid groups (broad SMARTS) is 4. The molecule has 0 heterocycles. The second-order valence-electron chi connectivity index (χ2n) is 9.63. The second kappa shape index (κ2) is 12.4. The minimum atomic E-state index is -5.96. The van der Waals surface area contributed by atoms with Crippen LogP contribution in [0.2, 0.25) is 0 Å². The van der Waals surface area contributed by atoms with E-state index in [1.807, 2.05) is 0 Å². The van der Waals surface area contributed by atoms with Gasteiger partial charge in [-0.1, -0.05) is 24.3 Å². The summed E-state index contributed by atoms with van der Waals surface area (Å²) in [4.78, 5) is 45.3. The third-order valence-electron chi connectivity index (χ3n) is 6.80. The molecule has 0 aromatic heterocycles. The molecular weight excluding hydrogens is 646 g/mol. The van der Waals surface area contributed by atoms with Gasteiger partial charge in [0.2, 0.25) is 5.41 Å². The molecule has 0 aliphatic carbocycles. The number of halogens is 6. The maximum Gasteiger partial charge on any atom is 0.411 e. The van der Waals surface area contributed by atoms with Gasteiger partial charge in [0.05, 0.1) is 22.3 Å². The maximum atomic E-state index is 14.6. The molecule has 10 nitrogen and oxygen atoms in total. The molecule has 0 saturated heterocycles. The lowest BCUT2D eigenvalue weighted by Gasteiger charge is -2.38. The Labute approximate surface area is 258 Å². The van der Waals surface area contributed by atoms with Crippen molar-refractivity contribution in [1.29, 1.82) is 0 Å². The number of alkyl halides is 6. The number of benzene rings is 4. The van der Waals surface area contributed by atoms with Gasteiger partial charge in [0.25, 0.3) is 0 Å². The van der Waals surface area contributed by atoms with Crippen molar-refractivity contribution in [2.45, 2.75) is 17.8 Å². The summed E-state index contributed by atoms with van der Waals surface area (Å²) in [5.41, 5.74) is -9.62. The minimum absolute atomic E-state index is 0.262. The van der Waals surface area contributed by atoms with Gasteiger partial charge < -0.3 is 29.9 Å². The SMILES string of the molecule is O=C(O)c1ccc(Oc2ccc(C(c3ccc(Oc4ccc(C(=O)O)c(C(=O)O)c4)cc3)(C(F)(F)F)C(F)(F)F)cc2)cc1C(=O)O. The van der Waals surface area contributed by atoms with Gasteiger partial charge in [-0.25, -0.2) is 19.2 Å². The fourth-order valence-corrected chi connectivity index (χ4v) is 4.70. The van der Waals surface area contributed by atoms with Gasteiger partial charge >= 0.3 is 36.2 Å². The highest BCUT2D eigenvalue weighted by Crippen LogP contribution is 2.56. The summed E-state index contributed by atoms with van der Waals surface area (Å²) in [5, 5.41) is 36.8. The van der Waals surface area contributed by atoms with Crippen LogP contribution in [-0.2, 0) is 5.41 Å². The van der Waals surface area contributed by atoms with Crippen LogP contribution in [0.25, 0.3) is 0 Å². The Morgan fingerprint density at radius 2 is 0.702 bits per heavy atom. The molecule has 0 fully saturated rings. The summed E-state index contributed by atoms with van der Waals surface area (Å²) in [6.07, 6.45) is -11.9. The first-order chi connectivity index (χ1) is 21.9. The number of carboxylic acids is 4. The zero-order chi connectivity index (χ0) is 34.9. The number of ether oxygens (including phenoxy) is 2. The van der Waals surface area contributed by atoms with Crippen LogP contribution in [0.5, 0.6) is 23.0 Å². The summed E-state index contributed by atoms with van der Waals surface area (Å²) in [6, 6.07) is 10.7.